The van der Waals surface area contributed by atoms with Crippen LogP contribution in [0.4, 0.5) is 0 Å². The van der Waals surface area contributed by atoms with E-state index < -0.39 is 10.0 Å². The van der Waals surface area contributed by atoms with E-state index in [2.05, 4.69) is 4.72 Å². The van der Waals surface area contributed by atoms with Gasteiger partial charge in [0.1, 0.15) is 5.75 Å². The van der Waals surface area contributed by atoms with Crippen molar-refractivity contribution >= 4 is 22.4 Å². The van der Waals surface area contributed by atoms with E-state index in [1.807, 2.05) is 13.8 Å². The van der Waals surface area contributed by atoms with Crippen molar-refractivity contribution in [1.29, 1.82) is 0 Å². The van der Waals surface area contributed by atoms with Gasteiger partial charge in [0.25, 0.3) is 0 Å². The van der Waals surface area contributed by atoms with Gasteiger partial charge in [0.2, 0.25) is 10.0 Å². The highest BCUT2D eigenvalue weighted by Crippen LogP contribution is 2.31. The first-order chi connectivity index (χ1) is 9.22. The van der Waals surface area contributed by atoms with Gasteiger partial charge in [0, 0.05) is 12.6 Å². The molecule has 0 unspecified atom stereocenters. The van der Waals surface area contributed by atoms with Crippen LogP contribution in [0.1, 0.15) is 37.8 Å². The molecule has 1 rings (SSSR count). The first kappa shape index (κ1) is 20.2. The molecule has 1 aromatic carbocycles. The van der Waals surface area contributed by atoms with E-state index in [0.717, 1.165) is 5.56 Å². The Bertz CT molecular complexity index is 574. The molecule has 0 spiro atoms. The summed E-state index contributed by atoms with van der Waals surface area (Å²) in [5, 5.41) is 0. The van der Waals surface area contributed by atoms with Crippen LogP contribution in [0.3, 0.4) is 0 Å². The lowest BCUT2D eigenvalue weighted by atomic mass is 10.0. The molecular weight excluding hydrogens is 312 g/mol. The van der Waals surface area contributed by atoms with Crippen molar-refractivity contribution in [3.8, 4) is 5.75 Å². The van der Waals surface area contributed by atoms with E-state index in [9.17, 15) is 8.42 Å². The molecule has 0 bridgehead atoms. The van der Waals surface area contributed by atoms with E-state index >= 15 is 0 Å². The quantitative estimate of drug-likeness (QED) is 0.834. The Morgan fingerprint density at radius 1 is 1.29 bits per heavy atom. The zero-order chi connectivity index (χ0) is 15.5. The van der Waals surface area contributed by atoms with E-state index in [4.69, 9.17) is 10.5 Å². The van der Waals surface area contributed by atoms with Crippen LogP contribution in [-0.2, 0) is 10.0 Å². The van der Waals surface area contributed by atoms with Crippen LogP contribution in [0.2, 0.25) is 0 Å². The molecule has 7 heteroatoms. The molecule has 0 aromatic heterocycles. The van der Waals surface area contributed by atoms with Gasteiger partial charge in [-0.2, -0.15) is 0 Å². The predicted octanol–water partition coefficient (Wildman–Crippen LogP) is 2.17. The molecule has 0 saturated carbocycles. The molecule has 5 nitrogen and oxygen atoms in total. The van der Waals surface area contributed by atoms with Crippen molar-refractivity contribution < 1.29 is 13.2 Å². The number of sulfonamides is 1. The number of benzene rings is 1. The van der Waals surface area contributed by atoms with E-state index in [-0.39, 0.29) is 35.8 Å². The molecule has 0 fully saturated rings. The average molecular weight is 337 g/mol. The summed E-state index contributed by atoms with van der Waals surface area (Å²) >= 11 is 0. The number of hydrogen-bond donors (Lipinski definition) is 2. The number of nitrogens with one attached hydrogen (secondary N) is 1. The van der Waals surface area contributed by atoms with Crippen LogP contribution >= 0.6 is 12.4 Å². The van der Waals surface area contributed by atoms with Crippen molar-refractivity contribution in [3.63, 3.8) is 0 Å². The number of rotatable bonds is 6. The van der Waals surface area contributed by atoms with Crippen LogP contribution in [-0.4, -0.2) is 28.1 Å². The second kappa shape index (κ2) is 7.98. The molecule has 122 valence electrons. The topological polar surface area (TPSA) is 81.4 Å². The highest BCUT2D eigenvalue weighted by molar-refractivity contribution is 7.89. The predicted molar refractivity (Wildman–Crippen MR) is 87.9 cm³/mol. The molecular formula is C14H25ClN2O3S. The van der Waals surface area contributed by atoms with Gasteiger partial charge in [0.05, 0.1) is 12.0 Å². The van der Waals surface area contributed by atoms with Gasteiger partial charge in [-0.3, -0.25) is 0 Å². The molecule has 0 amide bonds. The smallest absolute Gasteiger partial charge is 0.241 e. The van der Waals surface area contributed by atoms with Crippen LogP contribution in [0.5, 0.6) is 5.75 Å². The number of nitrogens with two attached hydrogens (primary N) is 1. The van der Waals surface area contributed by atoms with Crippen LogP contribution in [0.25, 0.3) is 0 Å². The lowest BCUT2D eigenvalue weighted by Crippen LogP contribution is -2.38. The van der Waals surface area contributed by atoms with Crippen molar-refractivity contribution in [3.05, 3.63) is 23.3 Å². The molecule has 1 aromatic rings. The third kappa shape index (κ3) is 4.85. The van der Waals surface area contributed by atoms with Crippen molar-refractivity contribution in [2.24, 2.45) is 5.73 Å². The third-order valence-electron chi connectivity index (χ3n) is 3.15. The van der Waals surface area contributed by atoms with Crippen LogP contribution in [0, 0.1) is 6.92 Å². The normalized spacial score (nSPS) is 12.9. The maximum Gasteiger partial charge on any atom is 0.241 e. The fourth-order valence-electron chi connectivity index (χ4n) is 1.97. The molecule has 0 aliphatic rings. The molecule has 0 heterocycles. The van der Waals surface area contributed by atoms with E-state index in [1.54, 1.807) is 33.1 Å². The zero-order valence-corrected chi connectivity index (χ0v) is 14.8. The zero-order valence-electron chi connectivity index (χ0n) is 13.1. The van der Waals surface area contributed by atoms with Crippen molar-refractivity contribution in [1.82, 2.24) is 4.72 Å². The minimum atomic E-state index is -3.57. The van der Waals surface area contributed by atoms with Crippen LogP contribution < -0.4 is 15.2 Å². The first-order valence-electron chi connectivity index (χ1n) is 6.63. The molecule has 0 aliphatic heterocycles. The van der Waals surface area contributed by atoms with Gasteiger partial charge in [-0.1, -0.05) is 13.8 Å². The number of aryl methyl sites for hydroxylation is 1. The molecule has 0 saturated heterocycles. The first-order valence-corrected chi connectivity index (χ1v) is 8.12. The fourth-order valence-corrected chi connectivity index (χ4v) is 3.49. The Morgan fingerprint density at radius 2 is 1.86 bits per heavy atom. The summed E-state index contributed by atoms with van der Waals surface area (Å²) in [7, 11) is -1.98. The summed E-state index contributed by atoms with van der Waals surface area (Å²) < 4.78 is 32.7. The van der Waals surface area contributed by atoms with Crippen molar-refractivity contribution in [2.75, 3.05) is 13.7 Å². The number of ether oxygens (including phenoxy) is 1. The van der Waals surface area contributed by atoms with Gasteiger partial charge in [-0.05, 0) is 43.0 Å². The summed E-state index contributed by atoms with van der Waals surface area (Å²) in [5.41, 5.74) is 7.00. The molecule has 21 heavy (non-hydrogen) atoms. The van der Waals surface area contributed by atoms with Gasteiger partial charge < -0.3 is 10.5 Å². The Balaban J connectivity index is 0.00000400. The third-order valence-corrected chi connectivity index (χ3v) is 4.88. The number of hydrogen-bond acceptors (Lipinski definition) is 4. The standard InChI is InChI=1S/C14H24N2O3S.ClH/c1-9(2)12-7-14(10(3)6-13(12)19-5)20(17,18)16-11(4)8-15;/h6-7,9,11,16H,8,15H2,1-5H3;1H/t11-;/m0./s1. The van der Waals surface area contributed by atoms with Gasteiger partial charge in [-0.25, -0.2) is 13.1 Å². The largest absolute Gasteiger partial charge is 0.496 e. The lowest BCUT2D eigenvalue weighted by molar-refractivity contribution is 0.406. The minimum Gasteiger partial charge on any atom is -0.496 e. The second-order valence-electron chi connectivity index (χ2n) is 5.27. The van der Waals surface area contributed by atoms with Crippen molar-refractivity contribution in [2.45, 2.75) is 44.6 Å². The summed E-state index contributed by atoms with van der Waals surface area (Å²) in [6.45, 7) is 7.75. The fraction of sp³-hybridized carbons (Fsp3) is 0.571. The monoisotopic (exact) mass is 336 g/mol. The number of methoxy groups -OCH3 is 1. The highest BCUT2D eigenvalue weighted by atomic mass is 35.5. The Hall–Kier alpha value is -0.820. The van der Waals surface area contributed by atoms with E-state index in [1.165, 1.54) is 0 Å². The van der Waals surface area contributed by atoms with Gasteiger partial charge >= 0.3 is 0 Å². The average Bonchev–Trinajstić information content (AvgIpc) is 2.36. The number of halogens is 1. The van der Waals surface area contributed by atoms with Gasteiger partial charge in [0.15, 0.2) is 0 Å². The molecule has 0 radical (unpaired) electrons. The maximum atomic E-state index is 12.4. The second-order valence-corrected chi connectivity index (χ2v) is 6.95. The molecule has 3 N–H and O–H groups in total. The molecule has 0 aliphatic carbocycles. The SMILES string of the molecule is COc1cc(C)c(S(=O)(=O)N[C@@H](C)CN)cc1C(C)C.Cl. The summed E-state index contributed by atoms with van der Waals surface area (Å²) in [5.74, 6) is 0.884. The highest BCUT2D eigenvalue weighted by Gasteiger charge is 2.22. The Morgan fingerprint density at radius 3 is 2.29 bits per heavy atom. The summed E-state index contributed by atoms with van der Waals surface area (Å²) in [6.07, 6.45) is 0. The Kier molecular flexibility index (Phi) is 7.67. The maximum absolute atomic E-state index is 12.4. The van der Waals surface area contributed by atoms with Gasteiger partial charge in [-0.15, -0.1) is 12.4 Å². The van der Waals surface area contributed by atoms with Crippen LogP contribution in [0.15, 0.2) is 17.0 Å². The summed E-state index contributed by atoms with van der Waals surface area (Å²) in [6, 6.07) is 3.14. The summed E-state index contributed by atoms with van der Waals surface area (Å²) in [4.78, 5) is 0.280. The molecule has 1 atom stereocenters. The van der Waals surface area contributed by atoms with E-state index in [0.29, 0.717) is 11.3 Å². The Labute approximate surface area is 133 Å². The lowest BCUT2D eigenvalue weighted by Gasteiger charge is -2.18. The minimum absolute atomic E-state index is 0.